The minimum atomic E-state index is -3.91. The lowest BCUT2D eigenvalue weighted by Crippen LogP contribution is -2.47. The van der Waals surface area contributed by atoms with Crippen LogP contribution in [0.3, 0.4) is 0 Å². The molecule has 0 aliphatic carbocycles. The molecule has 6 rings (SSSR count). The molecule has 4 aromatic rings. The molecule has 0 bridgehead atoms. The minimum absolute atomic E-state index is 0.0307. The van der Waals surface area contributed by atoms with Crippen molar-refractivity contribution >= 4 is 27.0 Å². The number of methoxy groups -OCH3 is 1. The van der Waals surface area contributed by atoms with Crippen molar-refractivity contribution in [2.24, 2.45) is 11.7 Å². The first-order chi connectivity index (χ1) is 20.8. The number of likely N-dealkylation sites (tertiary alicyclic amines) is 1. The predicted octanol–water partition coefficient (Wildman–Crippen LogP) is 2.79. The molecule has 12 nitrogen and oxygen atoms in total. The molecule has 4 heterocycles. The van der Waals surface area contributed by atoms with E-state index in [0.29, 0.717) is 31.2 Å². The first-order valence-electron chi connectivity index (χ1n) is 14.7. The zero-order valence-corrected chi connectivity index (χ0v) is 25.2. The van der Waals surface area contributed by atoms with Gasteiger partial charge in [0.1, 0.15) is 5.82 Å². The van der Waals surface area contributed by atoms with Crippen molar-refractivity contribution < 1.29 is 22.4 Å². The van der Waals surface area contributed by atoms with E-state index >= 15 is 0 Å². The van der Waals surface area contributed by atoms with Gasteiger partial charge >= 0.3 is 0 Å². The van der Waals surface area contributed by atoms with Gasteiger partial charge in [0.2, 0.25) is 27.7 Å². The summed E-state index contributed by atoms with van der Waals surface area (Å²) in [5.41, 5.74) is 8.97. The zero-order chi connectivity index (χ0) is 30.1. The summed E-state index contributed by atoms with van der Waals surface area (Å²) in [6.45, 7) is 4.33. The van der Waals surface area contributed by atoms with E-state index in [2.05, 4.69) is 20.8 Å². The Morgan fingerprint density at radius 1 is 1.12 bits per heavy atom. The maximum atomic E-state index is 13.9. The highest BCUT2D eigenvalue weighted by molar-refractivity contribution is 7.89. The molecule has 0 radical (unpaired) electrons. The molecule has 2 aliphatic rings. The Balaban J connectivity index is 1.18. The Kier molecular flexibility index (Phi) is 8.32. The number of aromatic nitrogens is 4. The van der Waals surface area contributed by atoms with E-state index < -0.39 is 22.0 Å². The van der Waals surface area contributed by atoms with Crippen molar-refractivity contribution in [3.05, 3.63) is 60.2 Å². The molecule has 43 heavy (non-hydrogen) atoms. The second-order valence-corrected chi connectivity index (χ2v) is 13.3. The molecule has 2 N–H and O–H groups in total. The van der Waals surface area contributed by atoms with Crippen LogP contribution in [-0.2, 0) is 26.1 Å². The number of amides is 1. The number of fused-ring (bicyclic) bond motifs is 1. The molecule has 3 atom stereocenters. The normalized spacial score (nSPS) is 21.6. The van der Waals surface area contributed by atoms with Crippen LogP contribution in [0.25, 0.3) is 22.5 Å². The number of hydrogen-bond acceptors (Lipinski definition) is 9. The highest BCUT2D eigenvalue weighted by atomic mass is 32.2. The third kappa shape index (κ3) is 5.81. The largest absolute Gasteiger partial charge is 0.421 e. The summed E-state index contributed by atoms with van der Waals surface area (Å²) in [6.07, 6.45) is 2.62. The standard InChI is InChI=1S/C30H37N7O5S/c1-20-33-34-29(42-20)21-8-5-10-23(16-21)43(39,40)36-18-24(25(31)19-36)30(38)35-13-6-9-22(17-35)28-32-26-11-3-4-12-27(26)37(28)14-7-15-41-2/h3-5,8,10-12,16,22,24-25H,6-7,9,13-15,17-19,31H2,1-2H3/t22?,24-,25-/m1/s1. The van der Waals surface area contributed by atoms with Gasteiger partial charge in [0.05, 0.1) is 21.8 Å². The number of carbonyl (C=O) groups is 1. The molecule has 1 unspecified atom stereocenters. The number of nitrogens with zero attached hydrogens (tertiary/aromatic N) is 6. The van der Waals surface area contributed by atoms with Gasteiger partial charge in [-0.05, 0) is 49.6 Å². The van der Waals surface area contributed by atoms with Crippen molar-refractivity contribution in [2.75, 3.05) is 39.9 Å². The van der Waals surface area contributed by atoms with Gasteiger partial charge in [-0.15, -0.1) is 10.2 Å². The van der Waals surface area contributed by atoms with Gasteiger partial charge in [-0.2, -0.15) is 4.31 Å². The van der Waals surface area contributed by atoms with E-state index in [9.17, 15) is 13.2 Å². The van der Waals surface area contributed by atoms with Crippen LogP contribution < -0.4 is 5.73 Å². The van der Waals surface area contributed by atoms with Crippen LogP contribution in [0.15, 0.2) is 57.8 Å². The van der Waals surface area contributed by atoms with Gasteiger partial charge in [-0.25, -0.2) is 13.4 Å². The van der Waals surface area contributed by atoms with Crippen molar-refractivity contribution in [3.8, 4) is 11.5 Å². The number of ether oxygens (including phenoxy) is 1. The third-order valence-corrected chi connectivity index (χ3v) is 10.2. The summed E-state index contributed by atoms with van der Waals surface area (Å²) < 4.78 is 41.6. The lowest BCUT2D eigenvalue weighted by molar-refractivity contribution is -0.136. The van der Waals surface area contributed by atoms with Crippen LogP contribution in [-0.4, -0.2) is 89.2 Å². The highest BCUT2D eigenvalue weighted by Crippen LogP contribution is 2.32. The van der Waals surface area contributed by atoms with E-state index in [1.54, 1.807) is 26.2 Å². The third-order valence-electron chi connectivity index (χ3n) is 8.41. The van der Waals surface area contributed by atoms with Crippen LogP contribution in [0.5, 0.6) is 0 Å². The summed E-state index contributed by atoms with van der Waals surface area (Å²) in [4.78, 5) is 20.8. The number of imidazole rings is 1. The molecule has 2 saturated heterocycles. The van der Waals surface area contributed by atoms with E-state index in [0.717, 1.165) is 42.7 Å². The minimum Gasteiger partial charge on any atom is -0.421 e. The molecule has 228 valence electrons. The summed E-state index contributed by atoms with van der Waals surface area (Å²) >= 11 is 0. The van der Waals surface area contributed by atoms with Gasteiger partial charge in [-0.3, -0.25) is 4.79 Å². The molecule has 2 aliphatic heterocycles. The second-order valence-electron chi connectivity index (χ2n) is 11.3. The SMILES string of the molecule is COCCCn1c(C2CCCN(C(=O)[C@@H]3CN(S(=O)(=O)c4cccc(-c5nnc(C)o5)c4)C[C@H]3N)C2)nc2ccccc21. The van der Waals surface area contributed by atoms with Crippen LogP contribution in [0, 0.1) is 12.8 Å². The molecule has 0 saturated carbocycles. The average Bonchev–Trinajstić information content (AvgIpc) is 3.74. The lowest BCUT2D eigenvalue weighted by Gasteiger charge is -2.35. The van der Waals surface area contributed by atoms with Crippen molar-refractivity contribution in [2.45, 2.75) is 49.6 Å². The van der Waals surface area contributed by atoms with Crippen LogP contribution >= 0.6 is 0 Å². The molecule has 2 fully saturated rings. The van der Waals surface area contributed by atoms with E-state index in [1.807, 2.05) is 23.1 Å². The maximum Gasteiger partial charge on any atom is 0.247 e. The number of hydrogen-bond donors (Lipinski definition) is 1. The van der Waals surface area contributed by atoms with E-state index in [1.165, 1.54) is 16.4 Å². The van der Waals surface area contributed by atoms with Crippen LogP contribution in [0.2, 0.25) is 0 Å². The quantitative estimate of drug-likeness (QED) is 0.283. The molecular weight excluding hydrogens is 570 g/mol. The predicted molar refractivity (Wildman–Crippen MR) is 159 cm³/mol. The summed E-state index contributed by atoms with van der Waals surface area (Å²) in [6, 6.07) is 13.9. The molecule has 2 aromatic heterocycles. The Labute approximate surface area is 250 Å². The number of aryl methyl sites for hydroxylation is 2. The summed E-state index contributed by atoms with van der Waals surface area (Å²) in [5, 5.41) is 7.82. The van der Waals surface area contributed by atoms with Gasteiger partial charge in [0.15, 0.2) is 0 Å². The average molecular weight is 608 g/mol. The molecule has 13 heteroatoms. The number of rotatable bonds is 9. The van der Waals surface area contributed by atoms with E-state index in [-0.39, 0.29) is 35.7 Å². The van der Waals surface area contributed by atoms with E-state index in [4.69, 9.17) is 19.9 Å². The zero-order valence-electron chi connectivity index (χ0n) is 24.4. The highest BCUT2D eigenvalue weighted by Gasteiger charge is 2.43. The fraction of sp³-hybridized carbons (Fsp3) is 0.467. The number of carbonyl (C=O) groups excluding carboxylic acids is 1. The van der Waals surface area contributed by atoms with Gasteiger partial charge in [-0.1, -0.05) is 18.2 Å². The van der Waals surface area contributed by atoms with Gasteiger partial charge < -0.3 is 24.4 Å². The topological polar surface area (TPSA) is 150 Å². The van der Waals surface area contributed by atoms with Crippen molar-refractivity contribution in [1.29, 1.82) is 0 Å². The monoisotopic (exact) mass is 607 g/mol. The van der Waals surface area contributed by atoms with Crippen LogP contribution in [0.4, 0.5) is 0 Å². The van der Waals surface area contributed by atoms with Gasteiger partial charge in [0.25, 0.3) is 0 Å². The fourth-order valence-corrected chi connectivity index (χ4v) is 7.78. The number of nitrogens with two attached hydrogens (primary N) is 1. The summed E-state index contributed by atoms with van der Waals surface area (Å²) in [5.74, 6) is 0.945. The van der Waals surface area contributed by atoms with Crippen molar-refractivity contribution in [1.82, 2.24) is 29.0 Å². The maximum absolute atomic E-state index is 13.9. The lowest BCUT2D eigenvalue weighted by atomic mass is 9.94. The molecular formula is C30H37N7O5S. The number of benzene rings is 2. The Bertz CT molecular complexity index is 1720. The Morgan fingerprint density at radius 2 is 1.95 bits per heavy atom. The van der Waals surface area contributed by atoms with Crippen molar-refractivity contribution in [3.63, 3.8) is 0 Å². The smallest absolute Gasteiger partial charge is 0.247 e. The Hall–Kier alpha value is -3.65. The Morgan fingerprint density at radius 3 is 2.74 bits per heavy atom. The fourth-order valence-electron chi connectivity index (χ4n) is 6.23. The first kappa shape index (κ1) is 29.4. The first-order valence-corrected chi connectivity index (χ1v) is 16.1. The number of piperidine rings is 1. The number of para-hydroxylation sites is 2. The molecule has 0 spiro atoms. The molecule has 1 amide bonds. The number of sulfonamides is 1. The molecule has 2 aromatic carbocycles. The van der Waals surface area contributed by atoms with Gasteiger partial charge in [0, 0.05) is 70.9 Å². The van der Waals surface area contributed by atoms with Crippen LogP contribution in [0.1, 0.15) is 36.9 Å². The second kappa shape index (κ2) is 12.2. The summed E-state index contributed by atoms with van der Waals surface area (Å²) in [7, 11) is -2.21.